The van der Waals surface area contributed by atoms with Crippen molar-refractivity contribution in [2.45, 2.75) is 131 Å². The molecule has 2 aliphatic carbocycles. The number of hydrogen-bond acceptors (Lipinski definition) is 2. The molecule has 0 radical (unpaired) electrons. The van der Waals surface area contributed by atoms with Gasteiger partial charge in [0.15, 0.2) is 0 Å². The third kappa shape index (κ3) is 7.37. The second kappa shape index (κ2) is 12.7. The second-order valence-electron chi connectivity index (χ2n) is 14.9. The van der Waals surface area contributed by atoms with Crippen LogP contribution in [0.2, 0.25) is 0 Å². The van der Waals surface area contributed by atoms with Gasteiger partial charge in [-0.15, -0.1) is 0 Å². The molecular weight excluding hydrogens is 512 g/mol. The van der Waals surface area contributed by atoms with Gasteiger partial charge in [-0.3, -0.25) is 0 Å². The summed E-state index contributed by atoms with van der Waals surface area (Å²) in [7, 11) is 0. The molecule has 2 nitrogen and oxygen atoms in total. The molecule has 2 saturated carbocycles. The normalized spacial score (nSPS) is 33.9. The van der Waals surface area contributed by atoms with Crippen LogP contribution in [0.15, 0.2) is 106 Å². The zero-order valence-electron chi connectivity index (χ0n) is 28.1. The predicted molar refractivity (Wildman–Crippen MR) is 180 cm³/mol. The maximum atomic E-state index is 6.56. The van der Waals surface area contributed by atoms with Crippen molar-refractivity contribution in [3.63, 3.8) is 0 Å². The van der Waals surface area contributed by atoms with Gasteiger partial charge in [0.2, 0.25) is 0 Å². The van der Waals surface area contributed by atoms with Gasteiger partial charge in [0.1, 0.15) is 0 Å². The minimum atomic E-state index is -0.0987. The highest BCUT2D eigenvalue weighted by Gasteiger charge is 2.48. The van der Waals surface area contributed by atoms with Gasteiger partial charge in [-0.25, -0.2) is 0 Å². The summed E-state index contributed by atoms with van der Waals surface area (Å²) < 4.78 is 13.1. The summed E-state index contributed by atoms with van der Waals surface area (Å²) in [6.45, 7) is 22.7. The van der Waals surface area contributed by atoms with Crippen LogP contribution in [-0.4, -0.2) is 23.4 Å². The second-order valence-corrected chi connectivity index (χ2v) is 14.9. The fraction of sp³-hybridized carbons (Fsp3) is 0.550. The number of hydrogen-bond donors (Lipinski definition) is 0. The number of fused-ring (bicyclic) bond motifs is 2. The molecule has 42 heavy (non-hydrogen) atoms. The molecule has 4 atom stereocenters. The summed E-state index contributed by atoms with van der Waals surface area (Å²) in [6, 6.07) is 0. The van der Waals surface area contributed by atoms with Gasteiger partial charge in [0, 0.05) is 0 Å². The molecule has 0 amide bonds. The lowest BCUT2D eigenvalue weighted by atomic mass is 9.66. The highest BCUT2D eigenvalue weighted by molar-refractivity contribution is 5.38. The van der Waals surface area contributed by atoms with Crippen LogP contribution >= 0.6 is 0 Å². The minimum absolute atomic E-state index is 0.0818. The minimum Gasteiger partial charge on any atom is -0.359 e. The van der Waals surface area contributed by atoms with Crippen LogP contribution in [0.1, 0.15) is 108 Å². The molecule has 4 rings (SSSR count). The Morgan fingerprint density at radius 2 is 0.952 bits per heavy atom. The van der Waals surface area contributed by atoms with Crippen molar-refractivity contribution in [1.29, 1.82) is 0 Å². The van der Waals surface area contributed by atoms with E-state index in [1.807, 2.05) is 0 Å². The maximum Gasteiger partial charge on any atom is 0.0982 e. The molecular formula is C40H56O2. The fourth-order valence-electron chi connectivity index (χ4n) is 7.55. The lowest BCUT2D eigenvalue weighted by Crippen LogP contribution is -2.39. The summed E-state index contributed by atoms with van der Waals surface area (Å²) in [4.78, 5) is 0. The van der Waals surface area contributed by atoms with Gasteiger partial charge in [-0.2, -0.15) is 0 Å². The van der Waals surface area contributed by atoms with Crippen molar-refractivity contribution in [2.75, 3.05) is 0 Å². The highest BCUT2D eigenvalue weighted by Crippen LogP contribution is 2.53. The molecule has 0 aromatic rings. The zero-order valence-corrected chi connectivity index (χ0v) is 28.1. The van der Waals surface area contributed by atoms with E-state index in [-0.39, 0.29) is 34.2 Å². The standard InChI is InChI=1S/C40H56O2/c1-29(19-13-21-31(3)33-27-35-37(5,6)23-15-25-39(35,9)41-33)17-11-12-18-30(2)20-14-22-32(4)34-28-36-38(7,8)24-16-26-40(36,10)42-34/h11-14,17-22,27-28,33-34H,15-16,23-26H2,1-10H3. The number of rotatable bonds is 8. The number of allylic oxidation sites excluding steroid dienone is 12. The van der Waals surface area contributed by atoms with Crippen molar-refractivity contribution in [3.05, 3.63) is 106 Å². The fourth-order valence-corrected chi connectivity index (χ4v) is 7.55. The maximum absolute atomic E-state index is 6.56. The van der Waals surface area contributed by atoms with E-state index in [0.717, 1.165) is 12.8 Å². The molecule has 0 aromatic carbocycles. The topological polar surface area (TPSA) is 18.5 Å². The third-order valence-corrected chi connectivity index (χ3v) is 10.1. The lowest BCUT2D eigenvalue weighted by Gasteiger charge is -2.42. The van der Waals surface area contributed by atoms with E-state index in [2.05, 4.69) is 142 Å². The zero-order chi connectivity index (χ0) is 30.8. The Bertz CT molecular complexity index is 1200. The molecule has 2 heteroatoms. The van der Waals surface area contributed by atoms with Gasteiger partial charge in [0.05, 0.1) is 23.4 Å². The van der Waals surface area contributed by atoms with Gasteiger partial charge in [-0.1, -0.05) is 99.6 Å². The Hall–Kier alpha value is -2.42. The summed E-state index contributed by atoms with van der Waals surface area (Å²) in [6.07, 6.45) is 33.7. The van der Waals surface area contributed by atoms with Crippen molar-refractivity contribution in [3.8, 4) is 0 Å². The molecule has 4 aliphatic rings. The molecule has 0 bridgehead atoms. The lowest BCUT2D eigenvalue weighted by molar-refractivity contribution is -0.0311. The Kier molecular flexibility index (Phi) is 9.80. The first-order valence-corrected chi connectivity index (χ1v) is 16.2. The number of ether oxygens (including phenoxy) is 2. The molecule has 0 N–H and O–H groups in total. The van der Waals surface area contributed by atoms with E-state index >= 15 is 0 Å². The average Bonchev–Trinajstić information content (AvgIpc) is 3.46. The Morgan fingerprint density at radius 1 is 0.571 bits per heavy atom. The van der Waals surface area contributed by atoms with E-state index in [0.29, 0.717) is 0 Å². The van der Waals surface area contributed by atoms with Crippen molar-refractivity contribution in [1.82, 2.24) is 0 Å². The molecule has 2 fully saturated rings. The van der Waals surface area contributed by atoms with Gasteiger partial charge in [-0.05, 0) is 125 Å². The first-order valence-electron chi connectivity index (χ1n) is 16.2. The van der Waals surface area contributed by atoms with E-state index in [1.54, 1.807) is 0 Å². The van der Waals surface area contributed by atoms with E-state index in [1.165, 1.54) is 59.1 Å². The van der Waals surface area contributed by atoms with Crippen molar-refractivity contribution < 1.29 is 9.47 Å². The van der Waals surface area contributed by atoms with Gasteiger partial charge >= 0.3 is 0 Å². The van der Waals surface area contributed by atoms with Crippen LogP contribution in [0, 0.1) is 10.8 Å². The van der Waals surface area contributed by atoms with Crippen LogP contribution < -0.4 is 0 Å². The van der Waals surface area contributed by atoms with Crippen LogP contribution in [-0.2, 0) is 9.47 Å². The molecule has 2 heterocycles. The van der Waals surface area contributed by atoms with Crippen molar-refractivity contribution in [2.24, 2.45) is 10.8 Å². The third-order valence-electron chi connectivity index (χ3n) is 10.1. The molecule has 0 aromatic heterocycles. The van der Waals surface area contributed by atoms with Crippen LogP contribution in [0.5, 0.6) is 0 Å². The molecule has 0 saturated heterocycles. The summed E-state index contributed by atoms with van der Waals surface area (Å²) in [5.41, 5.74) is 8.20. The molecule has 4 unspecified atom stereocenters. The van der Waals surface area contributed by atoms with Crippen molar-refractivity contribution >= 4 is 0 Å². The Morgan fingerprint density at radius 3 is 1.31 bits per heavy atom. The monoisotopic (exact) mass is 568 g/mol. The quantitative estimate of drug-likeness (QED) is 0.214. The van der Waals surface area contributed by atoms with Crippen LogP contribution in [0.25, 0.3) is 0 Å². The molecule has 228 valence electrons. The molecule has 2 aliphatic heterocycles. The Labute approximate surface area is 257 Å². The Balaban J connectivity index is 1.28. The van der Waals surface area contributed by atoms with E-state index in [9.17, 15) is 0 Å². The predicted octanol–water partition coefficient (Wildman–Crippen LogP) is 11.0. The van der Waals surface area contributed by atoms with Gasteiger partial charge < -0.3 is 9.47 Å². The van der Waals surface area contributed by atoms with Gasteiger partial charge in [0.25, 0.3) is 0 Å². The van der Waals surface area contributed by atoms with E-state index in [4.69, 9.17) is 9.47 Å². The average molecular weight is 569 g/mol. The van der Waals surface area contributed by atoms with Crippen LogP contribution in [0.3, 0.4) is 0 Å². The summed E-state index contributed by atoms with van der Waals surface area (Å²) in [5, 5.41) is 0. The summed E-state index contributed by atoms with van der Waals surface area (Å²) >= 11 is 0. The van der Waals surface area contributed by atoms with Crippen LogP contribution in [0.4, 0.5) is 0 Å². The molecule has 0 spiro atoms. The highest BCUT2D eigenvalue weighted by atomic mass is 16.5. The first-order chi connectivity index (χ1) is 19.7. The van der Waals surface area contributed by atoms with E-state index < -0.39 is 0 Å². The first kappa shape index (κ1) is 32.5. The smallest absolute Gasteiger partial charge is 0.0982 e. The summed E-state index contributed by atoms with van der Waals surface area (Å²) in [5.74, 6) is 0. The largest absolute Gasteiger partial charge is 0.359 e. The SMILES string of the molecule is CC(C=CC=C(C)C1C=C2C(C)(C)CCCC2(C)O1)=CC=CC=C(C)C=CC=C(C)C1C=C2C(C)(C)CCCC2(C)O1.